The Morgan fingerprint density at radius 3 is 2.60 bits per heavy atom. The average molecular weight is 348 g/mol. The van der Waals surface area contributed by atoms with Gasteiger partial charge in [0.05, 0.1) is 19.2 Å². The van der Waals surface area contributed by atoms with Crippen LogP contribution < -0.4 is 10.1 Å². The summed E-state index contributed by atoms with van der Waals surface area (Å²) in [5.41, 5.74) is 2.32. The molecule has 0 bridgehead atoms. The normalized spacial score (nSPS) is 12.2. The van der Waals surface area contributed by atoms with Gasteiger partial charge in [-0.05, 0) is 31.5 Å². The number of hydrogen-bond acceptors (Lipinski definition) is 4. The van der Waals surface area contributed by atoms with E-state index in [-0.39, 0.29) is 12.5 Å². The molecule has 1 heterocycles. The minimum Gasteiger partial charge on any atom is -0.497 e. The first-order chi connectivity index (χ1) is 11.9. The van der Waals surface area contributed by atoms with Crippen molar-refractivity contribution in [3.05, 3.63) is 29.5 Å². The fourth-order valence-electron chi connectivity index (χ4n) is 2.93. The van der Waals surface area contributed by atoms with Gasteiger partial charge in [0.1, 0.15) is 5.75 Å². The third kappa shape index (κ3) is 3.76. The second-order valence-corrected chi connectivity index (χ2v) is 5.77. The van der Waals surface area contributed by atoms with Crippen molar-refractivity contribution in [1.82, 2.24) is 9.88 Å². The standard InChI is InChI=1S/C18H24N2O5/c1-5-8-20-11(2)16(13-9-12(24-3)6-7-14(13)20)17(21)19-10-15(25-4)18(22)23/h6-7,9,15H,5,8,10H2,1-4H3,(H,19,21)(H,22,23). The van der Waals surface area contributed by atoms with Gasteiger partial charge in [0.25, 0.3) is 5.91 Å². The number of aromatic nitrogens is 1. The average Bonchev–Trinajstić information content (AvgIpc) is 2.86. The highest BCUT2D eigenvalue weighted by molar-refractivity contribution is 6.08. The van der Waals surface area contributed by atoms with Gasteiger partial charge in [0.2, 0.25) is 0 Å². The fourth-order valence-corrected chi connectivity index (χ4v) is 2.93. The number of benzene rings is 1. The number of hydrogen-bond donors (Lipinski definition) is 2. The Bertz CT molecular complexity index is 781. The van der Waals surface area contributed by atoms with Gasteiger partial charge in [-0.2, -0.15) is 0 Å². The second-order valence-electron chi connectivity index (χ2n) is 5.77. The van der Waals surface area contributed by atoms with Crippen LogP contribution in [0.5, 0.6) is 5.75 Å². The van der Waals surface area contributed by atoms with Crippen LogP contribution >= 0.6 is 0 Å². The maximum atomic E-state index is 12.7. The van der Waals surface area contributed by atoms with Crippen molar-refractivity contribution >= 4 is 22.8 Å². The van der Waals surface area contributed by atoms with Crippen LogP contribution in [-0.2, 0) is 16.1 Å². The molecular formula is C18H24N2O5. The first kappa shape index (κ1) is 18.8. The number of fused-ring (bicyclic) bond motifs is 1. The summed E-state index contributed by atoms with van der Waals surface area (Å²) in [4.78, 5) is 23.8. The predicted octanol–water partition coefficient (Wildman–Crippen LogP) is 2.20. The summed E-state index contributed by atoms with van der Waals surface area (Å²) >= 11 is 0. The molecule has 2 N–H and O–H groups in total. The number of carbonyl (C=O) groups is 2. The molecular weight excluding hydrogens is 324 g/mol. The van der Waals surface area contributed by atoms with Crippen molar-refractivity contribution in [3.63, 3.8) is 0 Å². The van der Waals surface area contributed by atoms with Crippen LogP contribution in [0.1, 0.15) is 29.4 Å². The van der Waals surface area contributed by atoms with Gasteiger partial charge in [0, 0.05) is 30.3 Å². The number of carboxylic acid groups (broad SMARTS) is 1. The van der Waals surface area contributed by atoms with Crippen molar-refractivity contribution in [2.45, 2.75) is 32.9 Å². The van der Waals surface area contributed by atoms with Gasteiger partial charge in [-0.15, -0.1) is 0 Å². The van der Waals surface area contributed by atoms with E-state index in [4.69, 9.17) is 14.6 Å². The number of amides is 1. The van der Waals surface area contributed by atoms with Gasteiger partial charge < -0.3 is 24.5 Å². The summed E-state index contributed by atoms with van der Waals surface area (Å²) in [5.74, 6) is -0.779. The molecule has 7 heteroatoms. The molecule has 25 heavy (non-hydrogen) atoms. The first-order valence-electron chi connectivity index (χ1n) is 8.15. The Morgan fingerprint density at radius 1 is 1.32 bits per heavy atom. The molecule has 1 unspecified atom stereocenters. The van der Waals surface area contributed by atoms with E-state index in [0.29, 0.717) is 11.3 Å². The Hall–Kier alpha value is -2.54. The van der Waals surface area contributed by atoms with Gasteiger partial charge in [0.15, 0.2) is 6.10 Å². The van der Waals surface area contributed by atoms with Crippen molar-refractivity contribution in [2.24, 2.45) is 0 Å². The van der Waals surface area contributed by atoms with E-state index in [0.717, 1.165) is 29.6 Å². The minimum absolute atomic E-state index is 0.103. The molecule has 0 spiro atoms. The second kappa shape index (κ2) is 8.02. The number of aliphatic carboxylic acids is 1. The molecule has 1 amide bonds. The number of methoxy groups -OCH3 is 2. The number of rotatable bonds is 8. The molecule has 1 atom stereocenters. The lowest BCUT2D eigenvalue weighted by Crippen LogP contribution is -2.38. The number of carbonyl (C=O) groups excluding carboxylic acids is 1. The Morgan fingerprint density at radius 2 is 2.04 bits per heavy atom. The van der Waals surface area contributed by atoms with E-state index in [1.54, 1.807) is 7.11 Å². The molecule has 0 aliphatic rings. The van der Waals surface area contributed by atoms with E-state index < -0.39 is 12.1 Å². The summed E-state index contributed by atoms with van der Waals surface area (Å²) in [6.45, 7) is 4.65. The summed E-state index contributed by atoms with van der Waals surface area (Å²) in [5, 5.41) is 12.5. The highest BCUT2D eigenvalue weighted by Gasteiger charge is 2.23. The van der Waals surface area contributed by atoms with Crippen molar-refractivity contribution < 1.29 is 24.2 Å². The summed E-state index contributed by atoms with van der Waals surface area (Å²) in [6, 6.07) is 5.62. The van der Waals surface area contributed by atoms with Crippen LogP contribution in [0.3, 0.4) is 0 Å². The lowest BCUT2D eigenvalue weighted by molar-refractivity contribution is -0.148. The lowest BCUT2D eigenvalue weighted by atomic mass is 10.1. The number of aryl methyl sites for hydroxylation is 1. The molecule has 7 nitrogen and oxygen atoms in total. The smallest absolute Gasteiger partial charge is 0.334 e. The van der Waals surface area contributed by atoms with Gasteiger partial charge in [-0.25, -0.2) is 4.79 Å². The molecule has 0 fully saturated rings. The molecule has 0 saturated heterocycles. The molecule has 0 radical (unpaired) electrons. The van der Waals surface area contributed by atoms with E-state index >= 15 is 0 Å². The molecule has 2 rings (SSSR count). The van der Waals surface area contributed by atoms with Crippen LogP contribution in [0.4, 0.5) is 0 Å². The molecule has 0 aliphatic carbocycles. The number of nitrogens with zero attached hydrogens (tertiary/aromatic N) is 1. The van der Waals surface area contributed by atoms with E-state index in [1.807, 2.05) is 25.1 Å². The number of nitrogens with one attached hydrogen (secondary N) is 1. The Kier molecular flexibility index (Phi) is 6.03. The maximum Gasteiger partial charge on any atom is 0.334 e. The van der Waals surface area contributed by atoms with Gasteiger partial charge >= 0.3 is 5.97 Å². The minimum atomic E-state index is -1.12. The van der Waals surface area contributed by atoms with Crippen molar-refractivity contribution in [3.8, 4) is 5.75 Å². The molecule has 2 aromatic rings. The summed E-state index contributed by atoms with van der Waals surface area (Å²) in [7, 11) is 2.88. The van der Waals surface area contributed by atoms with Crippen LogP contribution in [0.2, 0.25) is 0 Å². The monoisotopic (exact) mass is 348 g/mol. The molecule has 0 saturated carbocycles. The molecule has 1 aromatic heterocycles. The largest absolute Gasteiger partial charge is 0.497 e. The number of ether oxygens (including phenoxy) is 2. The zero-order valence-electron chi connectivity index (χ0n) is 15.0. The van der Waals surface area contributed by atoms with Crippen molar-refractivity contribution in [2.75, 3.05) is 20.8 Å². The topological polar surface area (TPSA) is 89.8 Å². The van der Waals surface area contributed by atoms with Gasteiger partial charge in [-0.3, -0.25) is 4.79 Å². The number of carboxylic acids is 1. The highest BCUT2D eigenvalue weighted by Crippen LogP contribution is 2.29. The van der Waals surface area contributed by atoms with Crippen LogP contribution in [0, 0.1) is 6.92 Å². The SMILES string of the molecule is CCCn1c(C)c(C(=O)NCC(OC)C(=O)O)c2cc(OC)ccc21. The van der Waals surface area contributed by atoms with E-state index in [1.165, 1.54) is 7.11 Å². The summed E-state index contributed by atoms with van der Waals surface area (Å²) < 4.78 is 12.2. The molecule has 1 aromatic carbocycles. The third-order valence-electron chi connectivity index (χ3n) is 4.21. The quantitative estimate of drug-likeness (QED) is 0.763. The predicted molar refractivity (Wildman–Crippen MR) is 94.3 cm³/mol. The highest BCUT2D eigenvalue weighted by atomic mass is 16.5. The van der Waals surface area contributed by atoms with Gasteiger partial charge in [-0.1, -0.05) is 6.92 Å². The first-order valence-corrected chi connectivity index (χ1v) is 8.15. The zero-order chi connectivity index (χ0) is 18.6. The lowest BCUT2D eigenvalue weighted by Gasteiger charge is -2.12. The van der Waals surface area contributed by atoms with Crippen LogP contribution in [0.15, 0.2) is 18.2 Å². The molecule has 0 aliphatic heterocycles. The van der Waals surface area contributed by atoms with Crippen molar-refractivity contribution in [1.29, 1.82) is 0 Å². The molecule has 136 valence electrons. The summed E-state index contributed by atoms with van der Waals surface area (Å²) in [6.07, 6.45) is -0.148. The Labute approximate surface area is 146 Å². The third-order valence-corrected chi connectivity index (χ3v) is 4.21. The van der Waals surface area contributed by atoms with Crippen LogP contribution in [0.25, 0.3) is 10.9 Å². The maximum absolute atomic E-state index is 12.7. The van der Waals surface area contributed by atoms with E-state index in [9.17, 15) is 9.59 Å². The zero-order valence-corrected chi connectivity index (χ0v) is 15.0. The fraction of sp³-hybridized carbons (Fsp3) is 0.444. The Balaban J connectivity index is 2.42. The van der Waals surface area contributed by atoms with E-state index in [2.05, 4.69) is 16.8 Å². The van der Waals surface area contributed by atoms with Crippen LogP contribution in [-0.4, -0.2) is 48.4 Å².